The lowest BCUT2D eigenvalue weighted by molar-refractivity contribution is 0.0851. The molecule has 0 aliphatic carbocycles. The molecular weight excluding hydrogens is 324 g/mol. The molecular formula is C17H30N4O2S. The third-order valence-electron chi connectivity index (χ3n) is 5.26. The number of fused-ring (bicyclic) bond motifs is 1. The summed E-state index contributed by atoms with van der Waals surface area (Å²) in [5, 5.41) is 4.52. The zero-order valence-corrected chi connectivity index (χ0v) is 16.4. The number of piperidine rings is 1. The van der Waals surface area contributed by atoms with E-state index in [0.29, 0.717) is 29.7 Å². The van der Waals surface area contributed by atoms with Crippen molar-refractivity contribution in [2.75, 3.05) is 26.2 Å². The molecule has 3 rings (SSSR count). The number of piperazine rings is 1. The first-order valence-corrected chi connectivity index (χ1v) is 10.4. The molecule has 1 unspecified atom stereocenters. The molecule has 0 spiro atoms. The quantitative estimate of drug-likeness (QED) is 0.816. The Bertz CT molecular complexity index is 718. The van der Waals surface area contributed by atoms with E-state index >= 15 is 0 Å². The number of sulfonamides is 1. The van der Waals surface area contributed by atoms with Crippen LogP contribution < -0.4 is 0 Å². The molecule has 1 aromatic heterocycles. The summed E-state index contributed by atoms with van der Waals surface area (Å²) in [5.41, 5.74) is 1.12. The molecule has 0 saturated carbocycles. The molecule has 7 heteroatoms. The Hall–Kier alpha value is -0.920. The Morgan fingerprint density at radius 2 is 1.79 bits per heavy atom. The maximum atomic E-state index is 13.3. The molecule has 6 nitrogen and oxygen atoms in total. The smallest absolute Gasteiger partial charge is 0.246 e. The van der Waals surface area contributed by atoms with Crippen molar-refractivity contribution in [3.05, 3.63) is 11.4 Å². The van der Waals surface area contributed by atoms with E-state index < -0.39 is 10.0 Å². The fourth-order valence-corrected chi connectivity index (χ4v) is 5.95. The molecule has 0 bridgehead atoms. The van der Waals surface area contributed by atoms with E-state index in [9.17, 15) is 8.42 Å². The predicted molar refractivity (Wildman–Crippen MR) is 94.7 cm³/mol. The zero-order chi connectivity index (χ0) is 17.7. The van der Waals surface area contributed by atoms with Gasteiger partial charge in [0.2, 0.25) is 10.0 Å². The van der Waals surface area contributed by atoms with Gasteiger partial charge in [-0.05, 0) is 54.0 Å². The minimum atomic E-state index is -3.49. The molecule has 2 saturated heterocycles. The summed E-state index contributed by atoms with van der Waals surface area (Å²) in [7, 11) is -3.49. The highest BCUT2D eigenvalue weighted by Gasteiger charge is 2.38. The fraction of sp³-hybridized carbons (Fsp3) is 0.824. The number of hydrogen-bond acceptors (Lipinski definition) is 4. The van der Waals surface area contributed by atoms with E-state index in [1.165, 1.54) is 12.8 Å². The highest BCUT2D eigenvalue weighted by atomic mass is 32.2. The third-order valence-corrected chi connectivity index (χ3v) is 7.38. The molecule has 1 aromatic rings. The maximum Gasteiger partial charge on any atom is 0.246 e. The van der Waals surface area contributed by atoms with E-state index in [-0.39, 0.29) is 5.54 Å². The van der Waals surface area contributed by atoms with Crippen LogP contribution in [0, 0.1) is 13.8 Å². The van der Waals surface area contributed by atoms with Gasteiger partial charge in [-0.15, -0.1) is 0 Å². The molecule has 0 aromatic carbocycles. The van der Waals surface area contributed by atoms with Crippen molar-refractivity contribution in [2.45, 2.75) is 70.4 Å². The van der Waals surface area contributed by atoms with E-state index in [4.69, 9.17) is 0 Å². The van der Waals surface area contributed by atoms with Crippen molar-refractivity contribution in [1.29, 1.82) is 0 Å². The van der Waals surface area contributed by atoms with Crippen LogP contribution in [0.25, 0.3) is 0 Å². The van der Waals surface area contributed by atoms with Crippen LogP contribution in [0.2, 0.25) is 0 Å². The van der Waals surface area contributed by atoms with Crippen molar-refractivity contribution >= 4 is 10.0 Å². The van der Waals surface area contributed by atoms with Gasteiger partial charge in [0, 0.05) is 25.7 Å². The van der Waals surface area contributed by atoms with Gasteiger partial charge in [0.05, 0.1) is 16.9 Å². The summed E-state index contributed by atoms with van der Waals surface area (Å²) in [6.45, 7) is 13.0. The molecule has 24 heavy (non-hydrogen) atoms. The lowest BCUT2D eigenvalue weighted by Gasteiger charge is -2.43. The second kappa shape index (κ2) is 6.11. The topological polar surface area (TPSA) is 58.4 Å². The minimum absolute atomic E-state index is 0.231. The first-order chi connectivity index (χ1) is 11.1. The lowest BCUT2D eigenvalue weighted by Crippen LogP contribution is -2.56. The van der Waals surface area contributed by atoms with Crippen LogP contribution in [-0.4, -0.2) is 59.6 Å². The maximum absolute atomic E-state index is 13.3. The average Bonchev–Trinajstić information content (AvgIpc) is 2.82. The first kappa shape index (κ1) is 17.9. The Balaban J connectivity index is 1.93. The van der Waals surface area contributed by atoms with E-state index in [1.54, 1.807) is 11.2 Å². The van der Waals surface area contributed by atoms with E-state index in [0.717, 1.165) is 25.2 Å². The Morgan fingerprint density at radius 1 is 1.08 bits per heavy atom. The number of aromatic nitrogens is 2. The molecule has 0 amide bonds. The van der Waals surface area contributed by atoms with Crippen molar-refractivity contribution in [3.8, 4) is 0 Å². The SMILES string of the molecule is Cc1nn(C(C)(C)C)c(C)c1S(=O)(=O)N1CCN2CCCCC2C1. The third kappa shape index (κ3) is 3.02. The van der Waals surface area contributed by atoms with Gasteiger partial charge in [-0.2, -0.15) is 9.40 Å². The van der Waals surface area contributed by atoms with Crippen LogP contribution in [0.15, 0.2) is 4.90 Å². The van der Waals surface area contributed by atoms with Gasteiger partial charge in [-0.3, -0.25) is 9.58 Å². The van der Waals surface area contributed by atoms with Crippen LogP contribution in [0.1, 0.15) is 51.4 Å². The Labute approximate surface area is 145 Å². The van der Waals surface area contributed by atoms with Crippen molar-refractivity contribution in [3.63, 3.8) is 0 Å². The van der Waals surface area contributed by atoms with Crippen LogP contribution in [0.4, 0.5) is 0 Å². The van der Waals surface area contributed by atoms with Gasteiger partial charge >= 0.3 is 0 Å². The molecule has 0 N–H and O–H groups in total. The van der Waals surface area contributed by atoms with Crippen molar-refractivity contribution in [1.82, 2.24) is 19.0 Å². The van der Waals surface area contributed by atoms with Gasteiger partial charge in [-0.1, -0.05) is 6.42 Å². The second-order valence-corrected chi connectivity index (χ2v) is 10.0. The van der Waals surface area contributed by atoms with Gasteiger partial charge in [-0.25, -0.2) is 8.42 Å². The summed E-state index contributed by atoms with van der Waals surface area (Å²) in [6, 6.07) is 0.376. The molecule has 2 aliphatic heterocycles. The number of rotatable bonds is 2. The standard InChI is InChI=1S/C17H30N4O2S/c1-13-16(14(2)21(18-13)17(3,4)5)24(22,23)20-11-10-19-9-7-6-8-15(19)12-20/h15H,6-12H2,1-5H3. The molecule has 136 valence electrons. The summed E-state index contributed by atoms with van der Waals surface area (Å²) in [6.07, 6.45) is 3.54. The highest BCUT2D eigenvalue weighted by molar-refractivity contribution is 7.89. The Morgan fingerprint density at radius 3 is 2.42 bits per heavy atom. The molecule has 0 radical (unpaired) electrons. The van der Waals surface area contributed by atoms with Crippen LogP contribution >= 0.6 is 0 Å². The van der Waals surface area contributed by atoms with E-state index in [1.807, 2.05) is 32.4 Å². The second-order valence-electron chi connectivity index (χ2n) is 8.13. The lowest BCUT2D eigenvalue weighted by atomic mass is 10.0. The number of nitrogens with zero attached hydrogens (tertiary/aromatic N) is 4. The normalized spacial score (nSPS) is 24.1. The summed E-state index contributed by atoms with van der Waals surface area (Å²) >= 11 is 0. The minimum Gasteiger partial charge on any atom is -0.298 e. The highest BCUT2D eigenvalue weighted by Crippen LogP contribution is 2.30. The van der Waals surface area contributed by atoms with Gasteiger partial charge in [0.25, 0.3) is 0 Å². The molecule has 2 aliphatic rings. The molecule has 2 fully saturated rings. The van der Waals surface area contributed by atoms with Gasteiger partial charge < -0.3 is 0 Å². The van der Waals surface area contributed by atoms with Crippen LogP contribution in [-0.2, 0) is 15.6 Å². The van der Waals surface area contributed by atoms with Crippen molar-refractivity contribution in [2.24, 2.45) is 0 Å². The van der Waals surface area contributed by atoms with Gasteiger partial charge in [0.1, 0.15) is 4.90 Å². The largest absolute Gasteiger partial charge is 0.298 e. The fourth-order valence-electron chi connectivity index (χ4n) is 4.13. The summed E-state index contributed by atoms with van der Waals surface area (Å²) in [5.74, 6) is 0. The van der Waals surface area contributed by atoms with E-state index in [2.05, 4.69) is 10.00 Å². The number of hydrogen-bond donors (Lipinski definition) is 0. The average molecular weight is 355 g/mol. The summed E-state index contributed by atoms with van der Waals surface area (Å²) < 4.78 is 30.1. The summed E-state index contributed by atoms with van der Waals surface area (Å²) in [4.78, 5) is 2.86. The van der Waals surface area contributed by atoms with Crippen molar-refractivity contribution < 1.29 is 8.42 Å². The number of aryl methyl sites for hydroxylation is 1. The monoisotopic (exact) mass is 354 g/mol. The first-order valence-electron chi connectivity index (χ1n) is 8.93. The molecule has 3 heterocycles. The van der Waals surface area contributed by atoms with Crippen LogP contribution in [0.3, 0.4) is 0 Å². The molecule has 1 atom stereocenters. The Kier molecular flexibility index (Phi) is 4.55. The van der Waals surface area contributed by atoms with Crippen LogP contribution in [0.5, 0.6) is 0 Å². The zero-order valence-electron chi connectivity index (χ0n) is 15.5. The van der Waals surface area contributed by atoms with Gasteiger partial charge in [0.15, 0.2) is 0 Å². The predicted octanol–water partition coefficient (Wildman–Crippen LogP) is 2.11.